The van der Waals surface area contributed by atoms with Crippen molar-refractivity contribution in [3.63, 3.8) is 0 Å². The minimum absolute atomic E-state index is 0. The molecule has 1 fully saturated rings. The third kappa shape index (κ3) is 9.49. The quantitative estimate of drug-likeness (QED) is 0.135. The number of pyridine rings is 2. The van der Waals surface area contributed by atoms with Gasteiger partial charge in [-0.3, -0.25) is 0 Å². The first-order valence-corrected chi connectivity index (χ1v) is 22.0. The predicted molar refractivity (Wildman–Crippen MR) is 258 cm³/mol. The van der Waals surface area contributed by atoms with Crippen LogP contribution in [0.25, 0.3) is 89.3 Å². The molecule has 1 aliphatic carbocycles. The van der Waals surface area contributed by atoms with E-state index in [-0.39, 0.29) is 40.2 Å². The van der Waals surface area contributed by atoms with Crippen LogP contribution in [0.4, 0.5) is 0 Å². The number of aromatic nitrogens is 2. The van der Waals surface area contributed by atoms with Crippen LogP contribution in [-0.2, 0) is 40.2 Å². The summed E-state index contributed by atoms with van der Waals surface area (Å²) >= 11 is 0. The van der Waals surface area contributed by atoms with Crippen molar-refractivity contribution in [1.29, 1.82) is 0 Å². The Morgan fingerprint density at radius 1 is 0.375 bits per heavy atom. The van der Waals surface area contributed by atoms with E-state index in [1.54, 1.807) is 0 Å². The molecule has 9 aromatic rings. The topological polar surface area (TPSA) is 25.8 Å². The van der Waals surface area contributed by atoms with Crippen LogP contribution in [0.5, 0.6) is 0 Å². The van der Waals surface area contributed by atoms with Crippen molar-refractivity contribution in [1.82, 2.24) is 9.97 Å². The minimum Gasteiger partial charge on any atom is -0.305 e. The van der Waals surface area contributed by atoms with Gasteiger partial charge in [-0.15, -0.1) is 47.5 Å². The maximum atomic E-state index is 4.77. The van der Waals surface area contributed by atoms with E-state index in [0.717, 1.165) is 35.4 Å². The van der Waals surface area contributed by atoms with Crippen molar-refractivity contribution >= 4 is 0 Å². The van der Waals surface area contributed by atoms with Crippen molar-refractivity contribution < 1.29 is 40.2 Å². The molecule has 0 aliphatic heterocycles. The Morgan fingerprint density at radius 3 is 1.22 bits per heavy atom. The molecular weight excluding hydrogens is 1130 g/mol. The van der Waals surface area contributed by atoms with Crippen LogP contribution in [0, 0.1) is 24.0 Å². The zero-order chi connectivity index (χ0) is 41.8. The van der Waals surface area contributed by atoms with Crippen molar-refractivity contribution in [2.45, 2.75) is 39.0 Å². The van der Waals surface area contributed by atoms with Gasteiger partial charge in [-0.1, -0.05) is 187 Å². The summed E-state index contributed by atoms with van der Waals surface area (Å²) in [4.78, 5) is 9.53. The summed E-state index contributed by atoms with van der Waals surface area (Å²) < 4.78 is 0. The minimum atomic E-state index is 0. The molecule has 0 bridgehead atoms. The van der Waals surface area contributed by atoms with Crippen LogP contribution in [0.1, 0.15) is 44.6 Å². The first kappa shape index (κ1) is 44.7. The molecule has 318 valence electrons. The Morgan fingerprint density at radius 2 is 0.781 bits per heavy atom. The van der Waals surface area contributed by atoms with E-state index in [0.29, 0.717) is 17.8 Å². The SMILES string of the molecule is C[C@@H]1CC(c2c(-c3c[c-]c(-c4ccccn4)cc3-c3cccc(-c4ccccc4)c3)cccc2-c2c[c-]c(-c3ccccn3)cc2-c2cccc(-c3ccccc3)c2)C[C@H](C)C1.[Ir].[Ir]. The molecule has 0 N–H and O–H groups in total. The van der Waals surface area contributed by atoms with Gasteiger partial charge in [-0.25, -0.2) is 0 Å². The van der Waals surface area contributed by atoms with Crippen molar-refractivity contribution in [3.05, 3.63) is 218 Å². The molecular formula is C60H48Ir2N2-2. The fraction of sp³-hybridized carbons (Fsp3) is 0.133. The van der Waals surface area contributed by atoms with Gasteiger partial charge in [0.1, 0.15) is 0 Å². The summed E-state index contributed by atoms with van der Waals surface area (Å²) in [6.07, 6.45) is 7.25. The number of benzene rings is 7. The van der Waals surface area contributed by atoms with E-state index in [9.17, 15) is 0 Å². The summed E-state index contributed by atoms with van der Waals surface area (Å²) in [5.74, 6) is 1.59. The molecule has 1 saturated carbocycles. The second kappa shape index (κ2) is 20.3. The van der Waals surface area contributed by atoms with Gasteiger partial charge in [0.25, 0.3) is 0 Å². The Balaban J connectivity index is 0.00000280. The first-order chi connectivity index (χ1) is 30.6. The van der Waals surface area contributed by atoms with Gasteiger partial charge in [0.15, 0.2) is 0 Å². The second-order valence-electron chi connectivity index (χ2n) is 17.1. The van der Waals surface area contributed by atoms with Gasteiger partial charge < -0.3 is 9.97 Å². The molecule has 10 rings (SSSR count). The fourth-order valence-corrected chi connectivity index (χ4v) is 9.90. The number of nitrogens with zero attached hydrogens (tertiary/aromatic N) is 2. The van der Waals surface area contributed by atoms with Gasteiger partial charge in [0.05, 0.1) is 0 Å². The second-order valence-corrected chi connectivity index (χ2v) is 17.1. The van der Waals surface area contributed by atoms with Crippen LogP contribution in [0.3, 0.4) is 0 Å². The van der Waals surface area contributed by atoms with Gasteiger partial charge in [0, 0.05) is 52.6 Å². The van der Waals surface area contributed by atoms with Crippen molar-refractivity contribution in [3.8, 4) is 89.3 Å². The molecule has 1 aliphatic rings. The molecule has 7 aromatic carbocycles. The van der Waals surface area contributed by atoms with E-state index in [1.165, 1.54) is 78.7 Å². The summed E-state index contributed by atoms with van der Waals surface area (Å²) in [5, 5.41) is 0. The van der Waals surface area contributed by atoms with E-state index in [1.807, 2.05) is 24.5 Å². The molecule has 64 heavy (non-hydrogen) atoms. The third-order valence-corrected chi connectivity index (χ3v) is 12.6. The Bertz CT molecular complexity index is 2770. The number of rotatable bonds is 9. The maximum absolute atomic E-state index is 4.77. The predicted octanol–water partition coefficient (Wildman–Crippen LogP) is 15.9. The fourth-order valence-electron chi connectivity index (χ4n) is 9.90. The van der Waals surface area contributed by atoms with Crippen LogP contribution in [0.15, 0.2) is 200 Å². The summed E-state index contributed by atoms with van der Waals surface area (Å²) in [5.41, 5.74) is 19.5. The maximum Gasteiger partial charge on any atom is 0.0160 e. The molecule has 0 saturated heterocycles. The Kier molecular flexibility index (Phi) is 14.2. The summed E-state index contributed by atoms with van der Waals surface area (Å²) in [6.45, 7) is 4.88. The van der Waals surface area contributed by atoms with Gasteiger partial charge in [-0.2, -0.15) is 0 Å². The van der Waals surface area contributed by atoms with Gasteiger partial charge in [-0.05, 0) is 112 Å². The monoisotopic (exact) mass is 1180 g/mol. The van der Waals surface area contributed by atoms with E-state index < -0.39 is 0 Å². The molecule has 4 heteroatoms. The average Bonchev–Trinajstić information content (AvgIpc) is 3.34. The Labute approximate surface area is 405 Å². The van der Waals surface area contributed by atoms with Gasteiger partial charge in [0.2, 0.25) is 0 Å². The van der Waals surface area contributed by atoms with Crippen LogP contribution < -0.4 is 0 Å². The molecule has 0 amide bonds. The number of hydrogen-bond acceptors (Lipinski definition) is 2. The zero-order valence-electron chi connectivity index (χ0n) is 36.0. The van der Waals surface area contributed by atoms with E-state index in [2.05, 4.69) is 202 Å². The largest absolute Gasteiger partial charge is 0.305 e. The first-order valence-electron chi connectivity index (χ1n) is 22.0. The van der Waals surface area contributed by atoms with E-state index in [4.69, 9.17) is 9.97 Å². The summed E-state index contributed by atoms with van der Waals surface area (Å²) in [6, 6.07) is 75.0. The third-order valence-electron chi connectivity index (χ3n) is 12.6. The zero-order valence-corrected chi connectivity index (χ0v) is 40.8. The molecule has 1 unspecified atom stereocenters. The summed E-state index contributed by atoms with van der Waals surface area (Å²) in [7, 11) is 0. The van der Waals surface area contributed by atoms with E-state index >= 15 is 0 Å². The standard InChI is InChI=1S/C60H48N2.2Ir/c1-41-34-42(2)36-51(35-41)60-54(52-30-28-49(58-26-9-11-32-61-58)39-56(52)47-22-13-20-45(37-47)43-16-5-3-6-17-43)24-15-25-55(60)53-31-29-50(59-27-10-12-33-62-59)40-57(53)48-23-14-21-46(38-48)44-18-7-4-8-19-44;;/h3-27,30-33,37-42,51H,34-36H2,1-2H3;;/q-2;;/t41-,42+,51?;;. The molecule has 2 nitrogen and oxygen atoms in total. The molecule has 3 atom stereocenters. The smallest absolute Gasteiger partial charge is 0.0160 e. The van der Waals surface area contributed by atoms with Gasteiger partial charge >= 0.3 is 0 Å². The number of hydrogen-bond donors (Lipinski definition) is 0. The molecule has 2 aromatic heterocycles. The Hall–Kier alpha value is -5.86. The van der Waals surface area contributed by atoms with Crippen molar-refractivity contribution in [2.75, 3.05) is 0 Å². The normalized spacial score (nSPS) is 15.7. The van der Waals surface area contributed by atoms with Crippen LogP contribution >= 0.6 is 0 Å². The van der Waals surface area contributed by atoms with Crippen LogP contribution in [-0.4, -0.2) is 9.97 Å². The molecule has 2 heterocycles. The molecule has 0 spiro atoms. The average molecular weight is 1180 g/mol. The molecule has 2 radical (unpaired) electrons. The van der Waals surface area contributed by atoms with Crippen LogP contribution in [0.2, 0.25) is 0 Å². The van der Waals surface area contributed by atoms with Crippen molar-refractivity contribution in [2.24, 2.45) is 11.8 Å².